The standard InChI is InChI=1S/C14H12N2O3S/c17-12(9-5-1-2-7-15-9)16-13-11(14(18)19)8-4-3-6-10(8)20-13/h1-2,5,7H,3-4,6H2,(H,16,17)(H,18,19). The average molecular weight is 288 g/mol. The van der Waals surface area contributed by atoms with Crippen molar-refractivity contribution >= 4 is 28.2 Å². The van der Waals surface area contributed by atoms with E-state index >= 15 is 0 Å². The summed E-state index contributed by atoms with van der Waals surface area (Å²) in [5, 5.41) is 12.4. The number of thiophene rings is 1. The van der Waals surface area contributed by atoms with E-state index in [2.05, 4.69) is 10.3 Å². The first-order chi connectivity index (χ1) is 9.66. The number of carbonyl (C=O) groups excluding carboxylic acids is 1. The number of rotatable bonds is 3. The van der Waals surface area contributed by atoms with Gasteiger partial charge in [0.15, 0.2) is 0 Å². The number of carboxylic acid groups (broad SMARTS) is 1. The molecule has 2 aromatic heterocycles. The molecule has 102 valence electrons. The summed E-state index contributed by atoms with van der Waals surface area (Å²) >= 11 is 1.36. The minimum atomic E-state index is -0.985. The van der Waals surface area contributed by atoms with Gasteiger partial charge in [-0.25, -0.2) is 4.79 Å². The Balaban J connectivity index is 1.92. The van der Waals surface area contributed by atoms with Crippen LogP contribution in [-0.2, 0) is 12.8 Å². The van der Waals surface area contributed by atoms with Gasteiger partial charge >= 0.3 is 5.97 Å². The minimum Gasteiger partial charge on any atom is -0.478 e. The summed E-state index contributed by atoms with van der Waals surface area (Å²) in [7, 11) is 0. The Morgan fingerprint density at radius 2 is 2.15 bits per heavy atom. The van der Waals surface area contributed by atoms with E-state index in [1.54, 1.807) is 18.2 Å². The van der Waals surface area contributed by atoms with Crippen LogP contribution < -0.4 is 5.32 Å². The van der Waals surface area contributed by atoms with Crippen molar-refractivity contribution in [1.29, 1.82) is 0 Å². The molecule has 0 fully saturated rings. The lowest BCUT2D eigenvalue weighted by Gasteiger charge is -2.04. The predicted molar refractivity (Wildman–Crippen MR) is 75.5 cm³/mol. The summed E-state index contributed by atoms with van der Waals surface area (Å²) in [5.74, 6) is -1.37. The molecule has 0 aliphatic heterocycles. The molecule has 3 rings (SSSR count). The lowest BCUT2D eigenvalue weighted by Crippen LogP contribution is -2.15. The number of carboxylic acids is 1. The molecule has 0 atom stereocenters. The van der Waals surface area contributed by atoms with Crippen molar-refractivity contribution in [2.24, 2.45) is 0 Å². The van der Waals surface area contributed by atoms with E-state index in [4.69, 9.17) is 0 Å². The highest BCUT2D eigenvalue weighted by molar-refractivity contribution is 7.17. The third-order valence-corrected chi connectivity index (χ3v) is 4.47. The number of hydrogen-bond donors (Lipinski definition) is 2. The van der Waals surface area contributed by atoms with E-state index in [1.807, 2.05) is 0 Å². The fraction of sp³-hybridized carbons (Fsp3) is 0.214. The maximum Gasteiger partial charge on any atom is 0.339 e. The zero-order valence-corrected chi connectivity index (χ0v) is 11.4. The predicted octanol–water partition coefficient (Wildman–Crippen LogP) is 2.58. The molecule has 0 unspecified atom stereocenters. The van der Waals surface area contributed by atoms with Gasteiger partial charge in [0.25, 0.3) is 5.91 Å². The van der Waals surface area contributed by atoms with Crippen LogP contribution in [0, 0.1) is 0 Å². The second kappa shape index (κ2) is 5.05. The molecule has 2 heterocycles. The van der Waals surface area contributed by atoms with Gasteiger partial charge in [-0.15, -0.1) is 11.3 Å². The molecular weight excluding hydrogens is 276 g/mol. The molecule has 0 saturated heterocycles. The van der Waals surface area contributed by atoms with Crippen LogP contribution in [0.2, 0.25) is 0 Å². The van der Waals surface area contributed by atoms with Crippen LogP contribution in [-0.4, -0.2) is 22.0 Å². The lowest BCUT2D eigenvalue weighted by atomic mass is 10.1. The highest BCUT2D eigenvalue weighted by Gasteiger charge is 2.27. The van der Waals surface area contributed by atoms with Crippen molar-refractivity contribution in [3.63, 3.8) is 0 Å². The van der Waals surface area contributed by atoms with Gasteiger partial charge in [0, 0.05) is 11.1 Å². The largest absolute Gasteiger partial charge is 0.478 e. The number of nitrogens with zero attached hydrogens (tertiary/aromatic N) is 1. The molecule has 0 spiro atoms. The molecule has 6 heteroatoms. The third kappa shape index (κ3) is 2.18. The molecule has 0 radical (unpaired) electrons. The van der Waals surface area contributed by atoms with Crippen molar-refractivity contribution < 1.29 is 14.7 Å². The molecule has 2 N–H and O–H groups in total. The van der Waals surface area contributed by atoms with Gasteiger partial charge in [0.05, 0.1) is 5.56 Å². The number of aryl methyl sites for hydroxylation is 1. The summed E-state index contributed by atoms with van der Waals surface area (Å²) in [5.41, 5.74) is 1.39. The van der Waals surface area contributed by atoms with Crippen LogP contribution >= 0.6 is 11.3 Å². The second-order valence-corrected chi connectivity index (χ2v) is 5.64. The zero-order valence-electron chi connectivity index (χ0n) is 10.5. The second-order valence-electron chi connectivity index (χ2n) is 4.54. The summed E-state index contributed by atoms with van der Waals surface area (Å²) in [6, 6.07) is 5.03. The molecule has 1 aliphatic rings. The molecule has 20 heavy (non-hydrogen) atoms. The molecule has 0 bridgehead atoms. The van der Waals surface area contributed by atoms with Crippen molar-refractivity contribution in [3.05, 3.63) is 46.1 Å². The molecule has 1 amide bonds. The Kier molecular flexibility index (Phi) is 3.23. The van der Waals surface area contributed by atoms with Gasteiger partial charge < -0.3 is 10.4 Å². The van der Waals surface area contributed by atoms with E-state index in [0.29, 0.717) is 5.00 Å². The summed E-state index contributed by atoms with van der Waals surface area (Å²) in [6.07, 6.45) is 4.17. The summed E-state index contributed by atoms with van der Waals surface area (Å²) in [4.78, 5) is 28.5. The number of hydrogen-bond acceptors (Lipinski definition) is 4. The van der Waals surface area contributed by atoms with E-state index in [9.17, 15) is 14.7 Å². The van der Waals surface area contributed by atoms with Crippen LogP contribution in [0.1, 0.15) is 37.7 Å². The first-order valence-electron chi connectivity index (χ1n) is 6.27. The Bertz CT molecular complexity index is 679. The number of fused-ring (bicyclic) bond motifs is 1. The van der Waals surface area contributed by atoms with Crippen molar-refractivity contribution in [3.8, 4) is 0 Å². The monoisotopic (exact) mass is 288 g/mol. The van der Waals surface area contributed by atoms with E-state index < -0.39 is 5.97 Å². The number of pyridine rings is 1. The molecule has 5 nitrogen and oxygen atoms in total. The van der Waals surface area contributed by atoms with Crippen LogP contribution in [0.3, 0.4) is 0 Å². The summed E-state index contributed by atoms with van der Waals surface area (Å²) in [6.45, 7) is 0. The fourth-order valence-electron chi connectivity index (χ4n) is 2.38. The van der Waals surface area contributed by atoms with Crippen molar-refractivity contribution in [2.45, 2.75) is 19.3 Å². The van der Waals surface area contributed by atoms with Gasteiger partial charge in [-0.05, 0) is 37.0 Å². The molecule has 2 aromatic rings. The Labute approximate surface area is 119 Å². The molecular formula is C14H12N2O3S. The number of nitrogens with one attached hydrogen (secondary N) is 1. The topological polar surface area (TPSA) is 79.3 Å². The van der Waals surface area contributed by atoms with Crippen LogP contribution in [0.4, 0.5) is 5.00 Å². The fourth-order valence-corrected chi connectivity index (χ4v) is 3.66. The summed E-state index contributed by atoms with van der Waals surface area (Å²) < 4.78 is 0. The molecule has 1 aliphatic carbocycles. The van der Waals surface area contributed by atoms with Gasteiger partial charge in [-0.3, -0.25) is 9.78 Å². The molecule has 0 saturated carbocycles. The van der Waals surface area contributed by atoms with Crippen LogP contribution in [0.5, 0.6) is 0 Å². The van der Waals surface area contributed by atoms with E-state index in [1.165, 1.54) is 17.5 Å². The zero-order chi connectivity index (χ0) is 14.1. The highest BCUT2D eigenvalue weighted by Crippen LogP contribution is 2.39. The Morgan fingerprint density at radius 1 is 1.30 bits per heavy atom. The maximum atomic E-state index is 12.1. The van der Waals surface area contributed by atoms with Crippen molar-refractivity contribution in [2.75, 3.05) is 5.32 Å². The normalized spacial score (nSPS) is 13.0. The van der Waals surface area contributed by atoms with Gasteiger partial charge in [0.1, 0.15) is 10.7 Å². The highest BCUT2D eigenvalue weighted by atomic mass is 32.1. The first kappa shape index (κ1) is 12.8. The first-order valence-corrected chi connectivity index (χ1v) is 7.08. The lowest BCUT2D eigenvalue weighted by molar-refractivity contribution is 0.0697. The number of aromatic carboxylic acids is 1. The van der Waals surface area contributed by atoms with Gasteiger partial charge in [-0.1, -0.05) is 6.07 Å². The van der Waals surface area contributed by atoms with E-state index in [0.717, 1.165) is 29.7 Å². The quantitative estimate of drug-likeness (QED) is 0.909. The smallest absolute Gasteiger partial charge is 0.339 e. The Morgan fingerprint density at radius 3 is 2.85 bits per heavy atom. The third-order valence-electron chi connectivity index (χ3n) is 3.26. The maximum absolute atomic E-state index is 12.1. The average Bonchev–Trinajstić information content (AvgIpc) is 2.99. The minimum absolute atomic E-state index is 0.242. The van der Waals surface area contributed by atoms with Crippen molar-refractivity contribution in [1.82, 2.24) is 4.98 Å². The number of amides is 1. The van der Waals surface area contributed by atoms with Crippen LogP contribution in [0.25, 0.3) is 0 Å². The Hall–Kier alpha value is -2.21. The number of anilines is 1. The van der Waals surface area contributed by atoms with E-state index in [-0.39, 0.29) is 17.2 Å². The number of carbonyl (C=O) groups is 2. The SMILES string of the molecule is O=C(Nc1sc2c(c1C(=O)O)CCC2)c1ccccn1. The number of aromatic nitrogens is 1. The molecule has 0 aromatic carbocycles. The van der Waals surface area contributed by atoms with Gasteiger partial charge in [-0.2, -0.15) is 0 Å². The van der Waals surface area contributed by atoms with Gasteiger partial charge in [0.2, 0.25) is 0 Å². The van der Waals surface area contributed by atoms with Crippen LogP contribution in [0.15, 0.2) is 24.4 Å².